The molecule has 0 bridgehead atoms. The van der Waals surface area contributed by atoms with E-state index in [4.69, 9.17) is 34.5 Å². The van der Waals surface area contributed by atoms with Gasteiger partial charge in [-0.3, -0.25) is 38.9 Å². The molecule has 0 saturated heterocycles. The predicted molar refractivity (Wildman–Crippen MR) is 577 cm³/mol. The van der Waals surface area contributed by atoms with Crippen LogP contribution in [0.4, 0.5) is 15.3 Å². The molecule has 0 aromatic heterocycles. The Morgan fingerprint density at radius 2 is 0.705 bits per heavy atom. The van der Waals surface area contributed by atoms with Gasteiger partial charge in [-0.25, -0.2) is 29.1 Å². The SMILES string of the molecule is C=C.C=C.C=C.C=C.C=C.C=C.C=C.C=C.C=C.C=C.C=C.C=C.C=C.C=C.C=C.C=C.C=C.C=C.C=C.C=C.C=C.C=C.C=C.C=C.COOOOOOOOOOOOOCC(COOOOOOOOOOOOOC)(COC(=O)CCCC(=O)CC(C(=O)CC(CCCNC(N)=O)C(=O)Cc1ccc(COC(=O)Oc2ccc([N+](=O)[O-])cc2)cc1)C(C)C)CC(=O)CCCC(=O)OC1c2ccccc2-c2ccccc21. The van der Waals surface area contributed by atoms with E-state index < -0.39 is 103 Å². The molecule has 2 amide bonds. The molecule has 4 aromatic rings. The number of nitrogens with two attached hydrogens (primary N) is 1. The molecule has 0 spiro atoms. The van der Waals surface area contributed by atoms with Gasteiger partial charge in [0.1, 0.15) is 42.1 Å². The van der Waals surface area contributed by atoms with Gasteiger partial charge in [0, 0.05) is 93.0 Å². The minimum atomic E-state index is -1.91. The number of ketones is 4. The topological polar surface area (TPSA) is 495 Å². The van der Waals surface area contributed by atoms with Crippen molar-refractivity contribution < 1.29 is 193 Å². The van der Waals surface area contributed by atoms with Gasteiger partial charge in [-0.05, 0) is 177 Å². The van der Waals surface area contributed by atoms with Crippen LogP contribution >= 0.6 is 0 Å². The summed E-state index contributed by atoms with van der Waals surface area (Å²) in [6, 6.07) is 25.3. The lowest BCUT2D eigenvalue weighted by Gasteiger charge is -2.30. The number of esters is 2. The molecule has 4 aromatic carbocycles. The van der Waals surface area contributed by atoms with E-state index >= 15 is 0 Å². The number of hydrogen-bond donors (Lipinski definition) is 2. The third-order valence-corrected chi connectivity index (χ3v) is 13.9. The standard InChI is InChI=1S/C58H69N3O40.24C2H4/c1-38(2)50(52(65)31-41(12-11-29-60-56(59)68)51(64)30-39-21-23-40(24-22-39)34-74-57(69)78-45-27-25-42(26-28-45)61(70)71)32-43(62)13-9-19-53(66)75-35-58(36-76-82-86-90-94-98-100-96-92-88-84-80-72-3,37-77-83-87-91-95-99-101-97-93-89-85-81-73-4)33-44(63)14-10-20-54(67)79-55-48-17-7-5-15-46(48)47-16-6-8-18-49(47)55;24*1-2/h5-8,15-18,21-28,38,41,50,55H,9-14,19-20,29-37H2,1-4H3,(H3,59,60,68);24*1-2H2. The number of carbonyl (C=O) groups is 8. The number of benzene rings is 4. The van der Waals surface area contributed by atoms with Gasteiger partial charge in [-0.1, -0.05) is 86.6 Å². The Morgan fingerprint density at radius 3 is 1.05 bits per heavy atom. The first kappa shape index (κ1) is 183. The molecule has 0 heterocycles. The summed E-state index contributed by atoms with van der Waals surface area (Å²) in [5, 5.41) is 99.6. The normalized spacial score (nSPS) is 9.11. The average Bonchev–Trinajstić information content (AvgIpc) is 1.61. The Labute approximate surface area is 882 Å². The van der Waals surface area contributed by atoms with Gasteiger partial charge in [0.2, 0.25) is 0 Å². The molecule has 0 radical (unpaired) electrons. The van der Waals surface area contributed by atoms with Gasteiger partial charge in [0.15, 0.2) is 6.10 Å². The summed E-state index contributed by atoms with van der Waals surface area (Å²) in [5.74, 6) is -5.38. The number of amides is 2. The number of carbonyl (C=O) groups excluding carboxylic acids is 8. The number of non-ortho nitro benzene ring substituents is 1. The lowest BCUT2D eigenvalue weighted by Crippen LogP contribution is -2.40. The van der Waals surface area contributed by atoms with E-state index in [9.17, 15) is 48.5 Å². The zero-order chi connectivity index (χ0) is 121. The first-order valence-corrected chi connectivity index (χ1v) is 41.7. The van der Waals surface area contributed by atoms with Crippen LogP contribution < -0.4 is 15.8 Å². The number of urea groups is 1. The van der Waals surface area contributed by atoms with Crippen LogP contribution in [0.5, 0.6) is 5.75 Å². The van der Waals surface area contributed by atoms with Crippen molar-refractivity contribution in [1.29, 1.82) is 0 Å². The zero-order valence-electron chi connectivity index (χ0n) is 87.9. The minimum Gasteiger partial charge on any atom is -0.465 e. The van der Waals surface area contributed by atoms with Gasteiger partial charge in [-0.15, -0.1) is 316 Å². The molecule has 0 saturated carbocycles. The van der Waals surface area contributed by atoms with Gasteiger partial charge in [-0.2, -0.15) is 0 Å². The van der Waals surface area contributed by atoms with Crippen molar-refractivity contribution in [1.82, 2.24) is 5.32 Å². The van der Waals surface area contributed by atoms with E-state index in [1.807, 2.05) is 48.5 Å². The summed E-state index contributed by atoms with van der Waals surface area (Å²) in [5.41, 5.74) is 7.55. The maximum Gasteiger partial charge on any atom is 0.514 e. The van der Waals surface area contributed by atoms with Crippen LogP contribution in [-0.4, -0.2) is 92.8 Å². The number of nitro groups is 1. The highest BCUT2D eigenvalue weighted by molar-refractivity contribution is 5.93. The number of nitrogens with zero attached hydrogens (tertiary/aromatic N) is 1. The molecule has 1 aliphatic carbocycles. The Balaban J connectivity index is -0.000000168. The van der Waals surface area contributed by atoms with E-state index in [1.54, 1.807) is 38.1 Å². The van der Waals surface area contributed by atoms with Crippen molar-refractivity contribution in [3.8, 4) is 16.9 Å². The van der Waals surface area contributed by atoms with Crippen LogP contribution in [0.2, 0.25) is 0 Å². The first-order chi connectivity index (χ1) is 72.9. The largest absolute Gasteiger partial charge is 0.514 e. The Morgan fingerprint density at radius 1 is 0.376 bits per heavy atom. The number of ether oxygens (including phenoxy) is 4. The third kappa shape index (κ3) is 113. The summed E-state index contributed by atoms with van der Waals surface area (Å²) < 4.78 is 21.7. The zero-order valence-corrected chi connectivity index (χ0v) is 87.9. The molecule has 43 heteroatoms. The number of nitro benzene ring substituents is 1. The van der Waals surface area contributed by atoms with Gasteiger partial charge >= 0.3 is 24.1 Å². The van der Waals surface area contributed by atoms with Crippen molar-refractivity contribution in [2.45, 2.75) is 104 Å². The quantitative estimate of drug-likeness (QED) is 0.00606. The molecule has 5 rings (SSSR count). The number of rotatable bonds is 58. The van der Waals surface area contributed by atoms with E-state index in [0.717, 1.165) is 48.6 Å². The fourth-order valence-corrected chi connectivity index (χ4v) is 9.38. The molecule has 3 N–H and O–H groups in total. The van der Waals surface area contributed by atoms with Crippen LogP contribution in [0.25, 0.3) is 11.1 Å². The Hall–Kier alpha value is -14.8. The Bertz CT molecular complexity index is 3450. The number of Topliss-reactive ketones (excluding diaryl/α,β-unsaturated/α-hetero) is 4. The molecule has 149 heavy (non-hydrogen) atoms. The van der Waals surface area contributed by atoms with Crippen LogP contribution in [0, 0.1) is 33.3 Å². The van der Waals surface area contributed by atoms with E-state index in [-0.39, 0.29) is 100 Å². The van der Waals surface area contributed by atoms with E-state index in [0.29, 0.717) is 11.1 Å². The molecular weight excluding hydrogens is 1960 g/mol. The highest BCUT2D eigenvalue weighted by Gasteiger charge is 2.38. The maximum absolute atomic E-state index is 14.1. The van der Waals surface area contributed by atoms with Gasteiger partial charge in [0.05, 0.1) is 37.8 Å². The summed E-state index contributed by atoms with van der Waals surface area (Å²) in [4.78, 5) is 135. The molecule has 2 atom stereocenters. The first-order valence-electron chi connectivity index (χ1n) is 41.7. The summed E-state index contributed by atoms with van der Waals surface area (Å²) in [6.07, 6.45) is -3.98. The second-order valence-electron chi connectivity index (χ2n) is 21.2. The summed E-state index contributed by atoms with van der Waals surface area (Å²) >= 11 is 0. The fraction of sp³-hybridized carbons (Fsp3) is 0.245. The Kier molecular flexibility index (Phi) is 204. The van der Waals surface area contributed by atoms with Crippen LogP contribution in [0.1, 0.15) is 113 Å². The highest BCUT2D eigenvalue weighted by atomic mass is 18.0. The number of primary amides is 1. The van der Waals surface area contributed by atoms with Crippen LogP contribution in [0.3, 0.4) is 0 Å². The monoisotopic (exact) mass is 2120 g/mol. The summed E-state index contributed by atoms with van der Waals surface area (Å²) in [7, 11) is 2.10. The predicted octanol–water partition coefficient (Wildman–Crippen LogP) is 26.7. The second-order valence-corrected chi connectivity index (χ2v) is 21.2. The molecular formula is C106H165N3O40. The molecule has 844 valence electrons. The smallest absolute Gasteiger partial charge is 0.465 e. The average molecular weight is 2120 g/mol. The van der Waals surface area contributed by atoms with Gasteiger partial charge < -0.3 is 30.0 Å². The molecule has 43 nitrogen and oxygen atoms in total. The highest BCUT2D eigenvalue weighted by Crippen LogP contribution is 2.45. The fourth-order valence-electron chi connectivity index (χ4n) is 9.38. The lowest BCUT2D eigenvalue weighted by atomic mass is 9.80. The number of hydrogen-bond acceptors (Lipinski definition) is 40. The van der Waals surface area contributed by atoms with Crippen molar-refractivity contribution in [3.63, 3.8) is 0 Å². The van der Waals surface area contributed by atoms with E-state index in [2.05, 4.69) is 442 Å². The van der Waals surface area contributed by atoms with Crippen LogP contribution in [0.15, 0.2) is 413 Å². The number of fused-ring (bicyclic) bond motifs is 3. The second kappa shape index (κ2) is 167. The molecule has 2 unspecified atom stereocenters. The number of nitrogens with one attached hydrogen (secondary N) is 1. The molecule has 0 fully saturated rings. The molecule has 1 aliphatic rings. The van der Waals surface area contributed by atoms with E-state index in [1.165, 1.54) is 12.1 Å². The van der Waals surface area contributed by atoms with Crippen molar-refractivity contribution >= 4 is 52.9 Å². The van der Waals surface area contributed by atoms with Crippen LogP contribution in [-0.2, 0) is 186 Å². The van der Waals surface area contributed by atoms with Crippen molar-refractivity contribution in [2.24, 2.45) is 28.9 Å². The maximum atomic E-state index is 14.1. The molecule has 0 aliphatic heterocycles. The van der Waals surface area contributed by atoms with Gasteiger partial charge in [0.25, 0.3) is 5.69 Å². The summed E-state index contributed by atoms with van der Waals surface area (Å²) in [6.45, 7) is 145. The third-order valence-electron chi connectivity index (χ3n) is 13.9. The lowest BCUT2D eigenvalue weighted by molar-refractivity contribution is -0.870. The van der Waals surface area contributed by atoms with Crippen molar-refractivity contribution in [3.05, 3.63) is 445 Å². The minimum absolute atomic E-state index is 0.0207. The van der Waals surface area contributed by atoms with Crippen molar-refractivity contribution in [2.75, 3.05) is 40.6 Å².